The molecule has 148 valence electrons. The Morgan fingerprint density at radius 2 is 1.24 bits per heavy atom. The lowest BCUT2D eigenvalue weighted by Crippen LogP contribution is -2.34. The number of rotatable bonds is 7. The van der Waals surface area contributed by atoms with Crippen LogP contribution in [0.1, 0.15) is 6.92 Å². The summed E-state index contributed by atoms with van der Waals surface area (Å²) in [4.78, 5) is 2.00. The van der Waals surface area contributed by atoms with Crippen molar-refractivity contribution in [2.45, 2.75) is 13.5 Å². The van der Waals surface area contributed by atoms with Gasteiger partial charge in [-0.3, -0.25) is 0 Å². The molecule has 29 heavy (non-hydrogen) atoms. The highest BCUT2D eigenvalue weighted by Crippen LogP contribution is 2.34. The number of para-hydroxylation sites is 2. The molecular weight excluding hydrogens is 360 g/mol. The normalized spacial score (nSPS) is 11.3. The molecule has 0 amide bonds. The Hall–Kier alpha value is -2.95. The van der Waals surface area contributed by atoms with E-state index in [1.807, 2.05) is 4.90 Å². The number of fused-ring (bicyclic) bond motifs is 2. The molecule has 0 atom stereocenters. The van der Waals surface area contributed by atoms with Gasteiger partial charge in [-0.05, 0) is 36.8 Å². The molecule has 1 heterocycles. The molecule has 0 saturated heterocycles. The number of aryl methyl sites for hydroxylation is 1. The molecule has 0 saturated carbocycles. The van der Waals surface area contributed by atoms with Crippen LogP contribution >= 0.6 is 0 Å². The zero-order valence-electron chi connectivity index (χ0n) is 16.8. The van der Waals surface area contributed by atoms with Crippen LogP contribution in [0.2, 0.25) is 0 Å². The third kappa shape index (κ3) is 3.57. The van der Waals surface area contributed by atoms with Crippen LogP contribution in [0.5, 0.6) is 0 Å². The lowest BCUT2D eigenvalue weighted by Gasteiger charge is -2.23. The lowest BCUT2D eigenvalue weighted by molar-refractivity contribution is -0.641. The van der Waals surface area contributed by atoms with Crippen LogP contribution in [0.3, 0.4) is 0 Å². The number of pyridine rings is 1. The molecule has 4 aromatic rings. The maximum Gasteiger partial charge on any atom is 0.213 e. The predicted molar refractivity (Wildman–Crippen MR) is 119 cm³/mol. The zero-order valence-corrected chi connectivity index (χ0v) is 16.8. The molecule has 4 heteroatoms. The molecule has 0 bridgehead atoms. The van der Waals surface area contributed by atoms with E-state index < -0.39 is 0 Å². The van der Waals surface area contributed by atoms with E-state index in [2.05, 4.69) is 84.3 Å². The smallest absolute Gasteiger partial charge is 0.213 e. The molecule has 0 spiro atoms. The van der Waals surface area contributed by atoms with Crippen molar-refractivity contribution < 1.29 is 14.8 Å². The van der Waals surface area contributed by atoms with E-state index in [-0.39, 0.29) is 13.2 Å². The van der Waals surface area contributed by atoms with E-state index in [4.69, 9.17) is 0 Å². The second-order valence-electron chi connectivity index (χ2n) is 7.13. The first-order chi connectivity index (χ1) is 14.3. The Morgan fingerprint density at radius 3 is 1.72 bits per heavy atom. The van der Waals surface area contributed by atoms with Crippen LogP contribution in [-0.2, 0) is 6.54 Å². The number of aromatic nitrogens is 1. The number of anilines is 1. The minimum atomic E-state index is 0.0622. The quantitative estimate of drug-likeness (QED) is 0.375. The van der Waals surface area contributed by atoms with Gasteiger partial charge < -0.3 is 15.1 Å². The average Bonchev–Trinajstić information content (AvgIpc) is 2.77. The van der Waals surface area contributed by atoms with Gasteiger partial charge in [-0.2, -0.15) is 4.57 Å². The number of aliphatic hydroxyl groups is 2. The van der Waals surface area contributed by atoms with Crippen molar-refractivity contribution in [3.8, 4) is 11.1 Å². The van der Waals surface area contributed by atoms with Crippen LogP contribution in [0, 0.1) is 0 Å². The van der Waals surface area contributed by atoms with Gasteiger partial charge >= 0.3 is 0 Å². The summed E-state index contributed by atoms with van der Waals surface area (Å²) < 4.78 is 2.37. The Balaban J connectivity index is 1.91. The van der Waals surface area contributed by atoms with Crippen molar-refractivity contribution in [2.24, 2.45) is 0 Å². The summed E-state index contributed by atoms with van der Waals surface area (Å²) in [6.07, 6.45) is 0. The van der Waals surface area contributed by atoms with E-state index in [0.29, 0.717) is 13.1 Å². The first-order valence-electron chi connectivity index (χ1n) is 10.2. The fraction of sp³-hybridized carbons (Fsp3) is 0.240. The van der Waals surface area contributed by atoms with E-state index in [1.54, 1.807) is 0 Å². The maximum absolute atomic E-state index is 9.32. The van der Waals surface area contributed by atoms with E-state index in [1.165, 1.54) is 27.4 Å². The molecule has 0 aliphatic heterocycles. The summed E-state index contributed by atoms with van der Waals surface area (Å²) >= 11 is 0. The number of aliphatic hydroxyl groups excluding tert-OH is 2. The van der Waals surface area contributed by atoms with Gasteiger partial charge in [0, 0.05) is 36.5 Å². The van der Waals surface area contributed by atoms with Crippen molar-refractivity contribution in [1.82, 2.24) is 0 Å². The molecule has 4 nitrogen and oxygen atoms in total. The number of hydrogen-bond donors (Lipinski definition) is 2. The first kappa shape index (κ1) is 19.4. The van der Waals surface area contributed by atoms with Crippen LogP contribution in [-0.4, -0.2) is 36.5 Å². The van der Waals surface area contributed by atoms with Gasteiger partial charge in [0.1, 0.15) is 6.54 Å². The molecule has 0 unspecified atom stereocenters. The maximum atomic E-state index is 9.32. The van der Waals surface area contributed by atoms with Gasteiger partial charge in [-0.25, -0.2) is 0 Å². The van der Waals surface area contributed by atoms with E-state index in [9.17, 15) is 10.2 Å². The predicted octanol–water partition coefficient (Wildman–Crippen LogP) is 3.76. The van der Waals surface area contributed by atoms with Crippen LogP contribution in [0.15, 0.2) is 72.8 Å². The first-order valence-corrected chi connectivity index (χ1v) is 10.2. The second kappa shape index (κ2) is 8.60. The van der Waals surface area contributed by atoms with E-state index >= 15 is 0 Å². The highest BCUT2D eigenvalue weighted by Gasteiger charge is 2.19. The van der Waals surface area contributed by atoms with Crippen LogP contribution in [0.25, 0.3) is 32.9 Å². The Bertz CT molecular complexity index is 1060. The average molecular weight is 388 g/mol. The summed E-state index contributed by atoms with van der Waals surface area (Å²) in [5, 5.41) is 21.1. The Labute approximate surface area is 171 Å². The molecule has 2 N–H and O–H groups in total. The third-order valence-corrected chi connectivity index (χ3v) is 5.51. The zero-order chi connectivity index (χ0) is 20.2. The van der Waals surface area contributed by atoms with Gasteiger partial charge in [0.05, 0.1) is 24.0 Å². The third-order valence-electron chi connectivity index (χ3n) is 5.51. The van der Waals surface area contributed by atoms with E-state index in [0.717, 1.165) is 17.8 Å². The summed E-state index contributed by atoms with van der Waals surface area (Å²) in [6, 6.07) is 25.6. The van der Waals surface area contributed by atoms with Crippen LogP contribution < -0.4 is 9.47 Å². The van der Waals surface area contributed by atoms with Gasteiger partial charge in [0.15, 0.2) is 0 Å². The molecular formula is C25H27N2O2+. The number of hydrogen-bond acceptors (Lipinski definition) is 3. The largest absolute Gasteiger partial charge is 0.395 e. The second-order valence-corrected chi connectivity index (χ2v) is 7.13. The minimum Gasteiger partial charge on any atom is -0.395 e. The summed E-state index contributed by atoms with van der Waals surface area (Å²) in [7, 11) is 0. The van der Waals surface area contributed by atoms with Crippen molar-refractivity contribution in [3.05, 3.63) is 72.8 Å². The molecule has 0 aliphatic carbocycles. The van der Waals surface area contributed by atoms with Crippen molar-refractivity contribution in [1.29, 1.82) is 0 Å². The fourth-order valence-corrected chi connectivity index (χ4v) is 4.22. The Kier molecular flexibility index (Phi) is 5.74. The summed E-state index contributed by atoms with van der Waals surface area (Å²) in [5.74, 6) is 0. The molecule has 0 fully saturated rings. The van der Waals surface area contributed by atoms with Crippen LogP contribution in [0.4, 0.5) is 5.69 Å². The Morgan fingerprint density at radius 1 is 0.724 bits per heavy atom. The molecule has 0 radical (unpaired) electrons. The van der Waals surface area contributed by atoms with Crippen molar-refractivity contribution >= 4 is 27.5 Å². The minimum absolute atomic E-state index is 0.0622. The standard InChI is InChI=1S/C25H27N2O2/c1-2-27-23-9-5-3-7-21(23)25(22-8-4-6-10-24(22)27)19-11-13-20(14-12-19)26(15-17-28)16-18-29/h3-14,28-29H,2,15-18H2,1H3/q+1. The molecule has 0 aliphatic rings. The SMILES string of the molecule is CC[n+]1c2ccccc2c(-c2ccc(N(CCO)CCO)cc2)c2ccccc21. The highest BCUT2D eigenvalue weighted by molar-refractivity contribution is 6.07. The van der Waals surface area contributed by atoms with Crippen molar-refractivity contribution in [3.63, 3.8) is 0 Å². The van der Waals surface area contributed by atoms with Gasteiger partial charge in [0.25, 0.3) is 0 Å². The fourth-order valence-electron chi connectivity index (χ4n) is 4.22. The molecule has 1 aromatic heterocycles. The number of benzene rings is 3. The highest BCUT2D eigenvalue weighted by atomic mass is 16.3. The molecule has 4 rings (SSSR count). The van der Waals surface area contributed by atoms with Gasteiger partial charge in [0.2, 0.25) is 11.0 Å². The lowest BCUT2D eigenvalue weighted by atomic mass is 9.95. The monoisotopic (exact) mass is 387 g/mol. The topological polar surface area (TPSA) is 47.6 Å². The van der Waals surface area contributed by atoms with Gasteiger partial charge in [-0.15, -0.1) is 0 Å². The molecule has 3 aromatic carbocycles. The number of nitrogens with zero attached hydrogens (tertiary/aromatic N) is 2. The van der Waals surface area contributed by atoms with Crippen molar-refractivity contribution in [2.75, 3.05) is 31.2 Å². The summed E-state index contributed by atoms with van der Waals surface area (Å²) in [5.41, 5.74) is 5.87. The summed E-state index contributed by atoms with van der Waals surface area (Å²) in [6.45, 7) is 4.24. The van der Waals surface area contributed by atoms with Gasteiger partial charge in [-0.1, -0.05) is 36.4 Å².